The van der Waals surface area contributed by atoms with Crippen LogP contribution >= 0.6 is 27.3 Å². The lowest BCUT2D eigenvalue weighted by molar-refractivity contribution is 0.563. The van der Waals surface area contributed by atoms with E-state index in [0.717, 1.165) is 20.6 Å². The molecular weight excluding hydrogens is 378 g/mol. The molecule has 0 fully saturated rings. The van der Waals surface area contributed by atoms with Crippen molar-refractivity contribution < 1.29 is 4.42 Å². The molecule has 0 unspecified atom stereocenters. The van der Waals surface area contributed by atoms with E-state index in [1.54, 1.807) is 24.4 Å². The van der Waals surface area contributed by atoms with Gasteiger partial charge in [0.05, 0.1) is 11.3 Å². The molecule has 0 aliphatic carbocycles. The Morgan fingerprint density at radius 2 is 2.04 bits per heavy atom. The minimum Gasteiger partial charge on any atom is -0.422 e. The molecule has 7 heteroatoms. The van der Waals surface area contributed by atoms with Gasteiger partial charge in [-0.2, -0.15) is 0 Å². The van der Waals surface area contributed by atoms with Crippen LogP contribution in [0.25, 0.3) is 32.9 Å². The van der Waals surface area contributed by atoms with Gasteiger partial charge in [0.15, 0.2) is 0 Å². The zero-order chi connectivity index (χ0) is 15.8. The summed E-state index contributed by atoms with van der Waals surface area (Å²) in [5.74, 6) is 0. The van der Waals surface area contributed by atoms with Crippen molar-refractivity contribution in [1.82, 2.24) is 15.0 Å². The third-order valence-corrected chi connectivity index (χ3v) is 4.63. The lowest BCUT2D eigenvalue weighted by Crippen LogP contribution is -2.02. The molecule has 4 aromatic rings. The SMILES string of the molecule is O=c1oc2ccc(Br)cc2cc1-c1csc(-c2ccncn2)n1. The van der Waals surface area contributed by atoms with E-state index >= 15 is 0 Å². The summed E-state index contributed by atoms with van der Waals surface area (Å²) >= 11 is 4.84. The maximum atomic E-state index is 12.2. The Hall–Kier alpha value is -2.38. The zero-order valence-corrected chi connectivity index (χ0v) is 14.0. The Morgan fingerprint density at radius 3 is 2.87 bits per heavy atom. The lowest BCUT2D eigenvalue weighted by atomic mass is 10.1. The highest BCUT2D eigenvalue weighted by atomic mass is 79.9. The van der Waals surface area contributed by atoms with Gasteiger partial charge in [0.1, 0.15) is 22.6 Å². The van der Waals surface area contributed by atoms with Gasteiger partial charge in [-0.15, -0.1) is 11.3 Å². The second-order valence-corrected chi connectivity index (χ2v) is 6.54. The maximum Gasteiger partial charge on any atom is 0.345 e. The number of fused-ring (bicyclic) bond motifs is 1. The second kappa shape index (κ2) is 5.68. The smallest absolute Gasteiger partial charge is 0.345 e. The summed E-state index contributed by atoms with van der Waals surface area (Å²) in [5, 5.41) is 3.40. The first kappa shape index (κ1) is 14.2. The molecule has 5 nitrogen and oxygen atoms in total. The maximum absolute atomic E-state index is 12.2. The minimum absolute atomic E-state index is 0.403. The summed E-state index contributed by atoms with van der Waals surface area (Å²) in [6, 6.07) is 9.08. The Labute approximate surface area is 142 Å². The number of hydrogen-bond acceptors (Lipinski definition) is 6. The van der Waals surface area contributed by atoms with Crippen LogP contribution in [-0.4, -0.2) is 15.0 Å². The Kier molecular flexibility index (Phi) is 3.51. The number of aromatic nitrogens is 3. The lowest BCUT2D eigenvalue weighted by Gasteiger charge is -2.00. The van der Waals surface area contributed by atoms with Gasteiger partial charge in [0.2, 0.25) is 0 Å². The van der Waals surface area contributed by atoms with Crippen LogP contribution in [-0.2, 0) is 0 Å². The quantitative estimate of drug-likeness (QED) is 0.485. The molecule has 112 valence electrons. The fourth-order valence-electron chi connectivity index (χ4n) is 2.21. The molecule has 1 aromatic carbocycles. The number of halogens is 1. The van der Waals surface area contributed by atoms with Crippen molar-refractivity contribution in [2.24, 2.45) is 0 Å². The summed E-state index contributed by atoms with van der Waals surface area (Å²) < 4.78 is 6.30. The molecule has 0 radical (unpaired) electrons. The monoisotopic (exact) mass is 385 g/mol. The molecule has 0 saturated carbocycles. The molecule has 0 aliphatic heterocycles. The van der Waals surface area contributed by atoms with Gasteiger partial charge in [0.25, 0.3) is 0 Å². The van der Waals surface area contributed by atoms with E-state index in [1.807, 2.05) is 17.5 Å². The molecule has 0 atom stereocenters. The largest absolute Gasteiger partial charge is 0.422 e. The number of nitrogens with zero attached hydrogens (tertiary/aromatic N) is 3. The Bertz CT molecular complexity index is 1060. The summed E-state index contributed by atoms with van der Waals surface area (Å²) in [5.41, 5.74) is 1.89. The van der Waals surface area contributed by atoms with Crippen LogP contribution in [0.5, 0.6) is 0 Å². The highest BCUT2D eigenvalue weighted by Crippen LogP contribution is 2.28. The van der Waals surface area contributed by atoms with Crippen molar-refractivity contribution in [2.45, 2.75) is 0 Å². The van der Waals surface area contributed by atoms with Crippen LogP contribution in [0.1, 0.15) is 0 Å². The number of rotatable bonds is 2. The first-order valence-corrected chi connectivity index (χ1v) is 8.34. The number of benzene rings is 1. The predicted molar refractivity (Wildman–Crippen MR) is 92.3 cm³/mol. The van der Waals surface area contributed by atoms with Crippen molar-refractivity contribution in [1.29, 1.82) is 0 Å². The van der Waals surface area contributed by atoms with Crippen LogP contribution in [0.2, 0.25) is 0 Å². The van der Waals surface area contributed by atoms with Gasteiger partial charge in [-0.1, -0.05) is 15.9 Å². The van der Waals surface area contributed by atoms with Gasteiger partial charge >= 0.3 is 5.63 Å². The van der Waals surface area contributed by atoms with E-state index in [2.05, 4.69) is 30.9 Å². The van der Waals surface area contributed by atoms with Crippen LogP contribution in [0.4, 0.5) is 0 Å². The van der Waals surface area contributed by atoms with E-state index in [0.29, 0.717) is 16.8 Å². The second-order valence-electron chi connectivity index (χ2n) is 4.76. The number of thiazole rings is 1. The molecule has 23 heavy (non-hydrogen) atoms. The molecule has 0 N–H and O–H groups in total. The first-order valence-electron chi connectivity index (χ1n) is 6.66. The van der Waals surface area contributed by atoms with Gasteiger partial charge in [-0.05, 0) is 30.3 Å². The van der Waals surface area contributed by atoms with E-state index < -0.39 is 5.63 Å². The van der Waals surface area contributed by atoms with Crippen molar-refractivity contribution in [2.75, 3.05) is 0 Å². The predicted octanol–water partition coefficient (Wildman–Crippen LogP) is 4.14. The highest BCUT2D eigenvalue weighted by Gasteiger charge is 2.13. The van der Waals surface area contributed by atoms with E-state index in [4.69, 9.17) is 4.42 Å². The van der Waals surface area contributed by atoms with E-state index in [-0.39, 0.29) is 0 Å². The van der Waals surface area contributed by atoms with Crippen LogP contribution < -0.4 is 5.63 Å². The molecule has 0 amide bonds. The Morgan fingerprint density at radius 1 is 1.13 bits per heavy atom. The summed E-state index contributed by atoms with van der Waals surface area (Å²) in [6.45, 7) is 0. The van der Waals surface area contributed by atoms with Crippen molar-refractivity contribution in [3.05, 3.63) is 63.1 Å². The molecule has 0 aliphatic rings. The molecule has 0 saturated heterocycles. The third kappa shape index (κ3) is 2.69. The van der Waals surface area contributed by atoms with E-state index in [1.165, 1.54) is 17.7 Å². The van der Waals surface area contributed by atoms with Crippen LogP contribution in [0.15, 0.2) is 61.9 Å². The average Bonchev–Trinajstić information content (AvgIpc) is 3.05. The molecular formula is C16H8BrN3O2S. The van der Waals surface area contributed by atoms with Crippen LogP contribution in [0, 0.1) is 0 Å². The topological polar surface area (TPSA) is 68.9 Å². The normalized spacial score (nSPS) is 11.0. The molecule has 3 aromatic heterocycles. The molecule has 0 spiro atoms. The summed E-state index contributed by atoms with van der Waals surface area (Å²) in [7, 11) is 0. The zero-order valence-electron chi connectivity index (χ0n) is 11.6. The van der Waals surface area contributed by atoms with Crippen molar-refractivity contribution in [3.8, 4) is 22.0 Å². The molecule has 4 rings (SSSR count). The molecule has 0 bridgehead atoms. The standard InChI is InChI=1S/C16H8BrN3O2S/c17-10-1-2-14-9(5-10)6-11(16(21)22-14)13-7-23-15(20-13)12-3-4-18-8-19-12/h1-8H. The number of hydrogen-bond donors (Lipinski definition) is 0. The average molecular weight is 386 g/mol. The molecule has 3 heterocycles. The minimum atomic E-state index is -0.403. The fourth-order valence-corrected chi connectivity index (χ4v) is 3.38. The van der Waals surface area contributed by atoms with Crippen molar-refractivity contribution in [3.63, 3.8) is 0 Å². The van der Waals surface area contributed by atoms with Crippen LogP contribution in [0.3, 0.4) is 0 Å². The van der Waals surface area contributed by atoms with Gasteiger partial charge in [-0.3, -0.25) is 0 Å². The van der Waals surface area contributed by atoms with E-state index in [9.17, 15) is 4.79 Å². The Balaban J connectivity index is 1.85. The third-order valence-electron chi connectivity index (χ3n) is 3.28. The highest BCUT2D eigenvalue weighted by molar-refractivity contribution is 9.10. The first-order chi connectivity index (χ1) is 11.2. The summed E-state index contributed by atoms with van der Waals surface area (Å²) in [4.78, 5) is 24.8. The van der Waals surface area contributed by atoms with Crippen molar-refractivity contribution >= 4 is 38.2 Å². The van der Waals surface area contributed by atoms with Gasteiger partial charge in [0, 0.05) is 21.4 Å². The fraction of sp³-hybridized carbons (Fsp3) is 0. The summed E-state index contributed by atoms with van der Waals surface area (Å²) in [6.07, 6.45) is 3.13. The van der Waals surface area contributed by atoms with Gasteiger partial charge < -0.3 is 4.42 Å². The van der Waals surface area contributed by atoms with Gasteiger partial charge in [-0.25, -0.2) is 19.7 Å².